The fourth-order valence-electron chi connectivity index (χ4n) is 0.904. The molecule has 0 aromatic rings. The molecule has 0 aromatic heterocycles. The molecule has 1 fully saturated rings. The number of rotatable bonds is 0. The van der Waals surface area contributed by atoms with E-state index in [0.29, 0.717) is 0 Å². The lowest BCUT2D eigenvalue weighted by Crippen LogP contribution is -3.14. The molecule has 0 bridgehead atoms. The summed E-state index contributed by atoms with van der Waals surface area (Å²) in [7, 11) is 0. The molecule has 0 amide bonds. The molecule has 8 heavy (non-hydrogen) atoms. The minimum Gasteiger partial charge on any atom is -0.613 e. The number of hydroxylamine groups is 1. The summed E-state index contributed by atoms with van der Waals surface area (Å²) in [5.41, 5.74) is 2.81. The molecule has 1 unspecified atom stereocenters. The summed E-state index contributed by atoms with van der Waals surface area (Å²) in [4.78, 5) is 0. The van der Waals surface area contributed by atoms with E-state index < -0.39 is 0 Å². The Hall–Kier alpha value is -0.120. The summed E-state index contributed by atoms with van der Waals surface area (Å²) in [5, 5.41) is 10.8. The molecule has 1 heterocycles. The molecule has 1 aliphatic heterocycles. The highest BCUT2D eigenvalue weighted by Crippen LogP contribution is 1.91. The lowest BCUT2D eigenvalue weighted by atomic mass is 10.2. The molecule has 0 aliphatic carbocycles. The molecule has 0 aromatic carbocycles. The van der Waals surface area contributed by atoms with Crippen LogP contribution in [-0.2, 0) is 0 Å². The third-order valence-electron chi connectivity index (χ3n) is 1.40. The fraction of sp³-hybridized carbons (Fsp3) is 1.00. The summed E-state index contributed by atoms with van der Waals surface area (Å²) in [5.74, 6) is 0. The van der Waals surface area contributed by atoms with Gasteiger partial charge in [-0.05, 0) is 19.3 Å². The first-order chi connectivity index (χ1) is 3.89. The Balaban J connectivity index is 2.17. The van der Waals surface area contributed by atoms with Crippen molar-refractivity contribution in [3.05, 3.63) is 5.21 Å². The minimum atomic E-state index is 0.225. The van der Waals surface area contributed by atoms with Crippen molar-refractivity contribution in [2.45, 2.75) is 19.3 Å². The Bertz CT molecular complexity index is 59.4. The largest absolute Gasteiger partial charge is 0.613 e. The van der Waals surface area contributed by atoms with E-state index in [2.05, 4.69) is 5.43 Å². The van der Waals surface area contributed by atoms with Crippen LogP contribution in [0.3, 0.4) is 0 Å². The van der Waals surface area contributed by atoms with Gasteiger partial charge in [-0.15, -0.1) is 0 Å². The zero-order chi connectivity index (χ0) is 5.82. The van der Waals surface area contributed by atoms with Gasteiger partial charge in [0.05, 0.1) is 6.54 Å². The van der Waals surface area contributed by atoms with E-state index in [0.717, 1.165) is 25.9 Å². The number of hydrogen-bond acceptors (Lipinski definition) is 2. The number of quaternary nitrogens is 1. The van der Waals surface area contributed by atoms with Crippen LogP contribution in [0.5, 0.6) is 0 Å². The highest BCUT2D eigenvalue weighted by molar-refractivity contribution is 4.44. The minimum absolute atomic E-state index is 0.225. The van der Waals surface area contributed by atoms with Crippen LogP contribution in [0.1, 0.15) is 19.3 Å². The van der Waals surface area contributed by atoms with Crippen LogP contribution in [0.25, 0.3) is 0 Å². The Morgan fingerprint density at radius 1 is 1.25 bits per heavy atom. The van der Waals surface area contributed by atoms with Crippen LogP contribution in [0.15, 0.2) is 0 Å². The smallest absolute Gasteiger partial charge is 0.0944 e. The van der Waals surface area contributed by atoms with Crippen molar-refractivity contribution in [3.8, 4) is 0 Å². The van der Waals surface area contributed by atoms with Crippen molar-refractivity contribution in [2.75, 3.05) is 13.1 Å². The van der Waals surface area contributed by atoms with Crippen molar-refractivity contribution >= 4 is 0 Å². The van der Waals surface area contributed by atoms with E-state index in [9.17, 15) is 5.21 Å². The van der Waals surface area contributed by atoms with E-state index in [1.54, 1.807) is 0 Å². The lowest BCUT2D eigenvalue weighted by Gasteiger charge is -2.18. The van der Waals surface area contributed by atoms with Crippen molar-refractivity contribution in [3.63, 3.8) is 0 Å². The van der Waals surface area contributed by atoms with Crippen LogP contribution in [0.4, 0.5) is 0 Å². The molecule has 1 atom stereocenters. The van der Waals surface area contributed by atoms with Gasteiger partial charge in [0.15, 0.2) is 0 Å². The predicted molar refractivity (Wildman–Crippen MR) is 31.1 cm³/mol. The maximum atomic E-state index is 10.6. The monoisotopic (exact) mass is 116 g/mol. The van der Waals surface area contributed by atoms with Crippen molar-refractivity contribution < 1.29 is 5.17 Å². The maximum Gasteiger partial charge on any atom is 0.0944 e. The molecular formula is C5H12N2O. The first-order valence-corrected chi connectivity index (χ1v) is 3.16. The topological polar surface area (TPSA) is 39.5 Å². The van der Waals surface area contributed by atoms with Crippen LogP contribution in [0.2, 0.25) is 0 Å². The summed E-state index contributed by atoms with van der Waals surface area (Å²) < 4.78 is 0. The van der Waals surface area contributed by atoms with Gasteiger partial charge in [-0.2, -0.15) is 5.43 Å². The molecule has 2 N–H and O–H groups in total. The van der Waals surface area contributed by atoms with Gasteiger partial charge in [-0.3, -0.25) is 5.17 Å². The summed E-state index contributed by atoms with van der Waals surface area (Å²) >= 11 is 0. The van der Waals surface area contributed by atoms with E-state index in [1.807, 2.05) is 0 Å². The summed E-state index contributed by atoms with van der Waals surface area (Å²) in [6.07, 6.45) is 3.44. The second kappa shape index (κ2) is 3.02. The van der Waals surface area contributed by atoms with E-state index in [-0.39, 0.29) is 5.17 Å². The van der Waals surface area contributed by atoms with Crippen LogP contribution >= 0.6 is 0 Å². The van der Waals surface area contributed by atoms with E-state index in [1.165, 1.54) is 6.42 Å². The normalized spacial score (nSPS) is 31.9. The predicted octanol–water partition coefficient (Wildman–Crippen LogP) is -0.942. The highest BCUT2D eigenvalue weighted by atomic mass is 16.5. The number of hydrogen-bond donors (Lipinski definition) is 2. The molecular weight excluding hydrogens is 104 g/mol. The Kier molecular flexibility index (Phi) is 2.27. The van der Waals surface area contributed by atoms with E-state index >= 15 is 0 Å². The average Bonchev–Trinajstić information content (AvgIpc) is 1.94. The summed E-state index contributed by atoms with van der Waals surface area (Å²) in [6.45, 7) is 1.62. The third kappa shape index (κ3) is 1.78. The van der Waals surface area contributed by atoms with Gasteiger partial charge in [-0.1, -0.05) is 0 Å². The van der Waals surface area contributed by atoms with Crippen molar-refractivity contribution in [1.82, 2.24) is 5.43 Å². The van der Waals surface area contributed by atoms with Gasteiger partial charge in [0.2, 0.25) is 0 Å². The SMILES string of the molecule is [O-][NH+]1CCCCCN1. The molecule has 1 rings (SSSR count). The fourth-order valence-corrected chi connectivity index (χ4v) is 0.904. The van der Waals surface area contributed by atoms with E-state index in [4.69, 9.17) is 0 Å². The zero-order valence-electron chi connectivity index (χ0n) is 4.94. The molecule has 3 nitrogen and oxygen atoms in total. The van der Waals surface area contributed by atoms with Gasteiger partial charge < -0.3 is 5.21 Å². The first-order valence-electron chi connectivity index (χ1n) is 3.16. The highest BCUT2D eigenvalue weighted by Gasteiger charge is 2.00. The van der Waals surface area contributed by atoms with Gasteiger partial charge >= 0.3 is 0 Å². The molecule has 1 aliphatic rings. The second-order valence-corrected chi connectivity index (χ2v) is 2.16. The maximum absolute atomic E-state index is 10.6. The number of nitrogens with one attached hydrogen (secondary N) is 2. The molecule has 1 saturated heterocycles. The van der Waals surface area contributed by atoms with Gasteiger partial charge in [-0.25, -0.2) is 0 Å². The van der Waals surface area contributed by atoms with Crippen LogP contribution in [-0.4, -0.2) is 13.1 Å². The van der Waals surface area contributed by atoms with Crippen molar-refractivity contribution in [2.24, 2.45) is 0 Å². The molecule has 3 heteroatoms. The first kappa shape index (κ1) is 6.01. The zero-order valence-corrected chi connectivity index (χ0v) is 4.94. The molecule has 0 radical (unpaired) electrons. The molecule has 0 saturated carbocycles. The Labute approximate surface area is 49.2 Å². The molecule has 0 spiro atoms. The van der Waals surface area contributed by atoms with Gasteiger partial charge in [0.25, 0.3) is 0 Å². The van der Waals surface area contributed by atoms with Gasteiger partial charge in [0.1, 0.15) is 0 Å². The Morgan fingerprint density at radius 2 is 2.12 bits per heavy atom. The van der Waals surface area contributed by atoms with Crippen molar-refractivity contribution in [1.29, 1.82) is 0 Å². The average molecular weight is 116 g/mol. The van der Waals surface area contributed by atoms with Gasteiger partial charge in [0, 0.05) is 6.54 Å². The lowest BCUT2D eigenvalue weighted by molar-refractivity contribution is -0.894. The second-order valence-electron chi connectivity index (χ2n) is 2.16. The quantitative estimate of drug-likeness (QED) is 0.401. The van der Waals surface area contributed by atoms with Crippen LogP contribution < -0.4 is 10.6 Å². The standard InChI is InChI=1S/C5H12N2O/c8-7-5-3-1-2-4-6-7/h6-7H,1-5H2. The third-order valence-corrected chi connectivity index (χ3v) is 1.40. The summed E-state index contributed by atoms with van der Waals surface area (Å²) in [6, 6.07) is 0. The van der Waals surface area contributed by atoms with Crippen LogP contribution in [0, 0.1) is 5.21 Å². The Morgan fingerprint density at radius 3 is 3.00 bits per heavy atom. The molecule has 48 valence electrons.